The Balaban J connectivity index is 1.71. The van der Waals surface area contributed by atoms with Gasteiger partial charge in [0.1, 0.15) is 0 Å². The molecule has 1 aliphatic heterocycles. The Morgan fingerprint density at radius 3 is 2.61 bits per heavy atom. The van der Waals surface area contributed by atoms with Crippen LogP contribution < -0.4 is 5.32 Å². The molecule has 0 radical (unpaired) electrons. The largest absolute Gasteiger partial charge is 0.478 e. The minimum absolute atomic E-state index is 0.209. The molecule has 3 heteroatoms. The molecule has 0 aromatic heterocycles. The number of rotatable bonds is 2. The maximum absolute atomic E-state index is 11.6. The highest BCUT2D eigenvalue weighted by Crippen LogP contribution is 2.54. The van der Waals surface area contributed by atoms with Crippen molar-refractivity contribution in [1.29, 1.82) is 0 Å². The molecule has 2 aliphatic rings. The first-order valence-electron chi connectivity index (χ1n) is 9.81. The van der Waals surface area contributed by atoms with E-state index in [0.717, 1.165) is 17.7 Å². The number of carboxylic acids is 1. The highest BCUT2D eigenvalue weighted by atomic mass is 16.4. The van der Waals surface area contributed by atoms with Crippen LogP contribution in [0.15, 0.2) is 60.7 Å². The molecular formula is C25H23NO2. The summed E-state index contributed by atoms with van der Waals surface area (Å²) in [7, 11) is 0. The van der Waals surface area contributed by atoms with Crippen LogP contribution in [0, 0.1) is 19.8 Å². The van der Waals surface area contributed by atoms with Gasteiger partial charge in [-0.1, -0.05) is 48.0 Å². The monoisotopic (exact) mass is 369 g/mol. The van der Waals surface area contributed by atoms with Crippen LogP contribution in [0.25, 0.3) is 0 Å². The first kappa shape index (κ1) is 17.1. The van der Waals surface area contributed by atoms with Crippen molar-refractivity contribution in [3.05, 3.63) is 99.6 Å². The molecule has 3 aromatic rings. The summed E-state index contributed by atoms with van der Waals surface area (Å²) in [5.74, 6) is -0.284. The third kappa shape index (κ3) is 2.54. The van der Waals surface area contributed by atoms with Gasteiger partial charge in [-0.25, -0.2) is 4.79 Å². The molecule has 0 amide bonds. The van der Waals surface area contributed by atoms with E-state index in [1.54, 1.807) is 6.07 Å². The molecule has 3 aromatic carbocycles. The van der Waals surface area contributed by atoms with Gasteiger partial charge in [0.05, 0.1) is 11.6 Å². The van der Waals surface area contributed by atoms with E-state index in [4.69, 9.17) is 0 Å². The van der Waals surface area contributed by atoms with Crippen molar-refractivity contribution in [3.63, 3.8) is 0 Å². The summed E-state index contributed by atoms with van der Waals surface area (Å²) in [6.07, 6.45) is 1.00. The maximum atomic E-state index is 11.6. The predicted octanol–water partition coefficient (Wildman–Crippen LogP) is 5.47. The molecule has 28 heavy (non-hydrogen) atoms. The summed E-state index contributed by atoms with van der Waals surface area (Å²) in [6.45, 7) is 4.32. The second kappa shape index (κ2) is 6.23. The summed E-state index contributed by atoms with van der Waals surface area (Å²) >= 11 is 0. The van der Waals surface area contributed by atoms with Crippen molar-refractivity contribution >= 4 is 11.7 Å². The van der Waals surface area contributed by atoms with E-state index in [-0.39, 0.29) is 12.0 Å². The average Bonchev–Trinajstić information content (AvgIpc) is 3.08. The molecule has 0 saturated carbocycles. The standard InChI is InChI=1S/C25H23NO2/c1-14-7-8-15(2)19(11-14)24-21-12-16-5-3-4-6-18(16)23(21)20-13-17(25(27)28)9-10-22(20)26-24/h3-11,13,21,23-24,26H,12H2,1-2H3,(H,27,28)/t21-,23-,24-/m0/s1. The van der Waals surface area contributed by atoms with E-state index in [0.29, 0.717) is 11.5 Å². The highest BCUT2D eigenvalue weighted by Gasteiger charge is 2.43. The fraction of sp³-hybridized carbons (Fsp3) is 0.240. The summed E-state index contributed by atoms with van der Waals surface area (Å²) in [5.41, 5.74) is 9.14. The molecule has 1 heterocycles. The summed E-state index contributed by atoms with van der Waals surface area (Å²) in [6, 6.07) is 21.0. The van der Waals surface area contributed by atoms with Crippen molar-refractivity contribution < 1.29 is 9.90 Å². The number of aryl methyl sites for hydroxylation is 2. The van der Waals surface area contributed by atoms with Crippen LogP contribution in [0.1, 0.15) is 55.7 Å². The topological polar surface area (TPSA) is 49.3 Å². The SMILES string of the molecule is Cc1ccc(C)c([C@@H]2Nc3ccc(C(=O)O)cc3[C@@H]3c4ccccc4C[C@@H]32)c1. The molecule has 1 aliphatic carbocycles. The number of aromatic carboxylic acids is 1. The zero-order chi connectivity index (χ0) is 19.4. The average molecular weight is 369 g/mol. The number of hydrogen-bond acceptors (Lipinski definition) is 2. The van der Waals surface area contributed by atoms with Gasteiger partial charge in [-0.3, -0.25) is 0 Å². The first-order valence-corrected chi connectivity index (χ1v) is 9.81. The first-order chi connectivity index (χ1) is 13.5. The maximum Gasteiger partial charge on any atom is 0.335 e. The second-order valence-electron chi connectivity index (χ2n) is 8.13. The van der Waals surface area contributed by atoms with Gasteiger partial charge in [0, 0.05) is 11.6 Å². The van der Waals surface area contributed by atoms with E-state index >= 15 is 0 Å². The van der Waals surface area contributed by atoms with E-state index in [2.05, 4.69) is 61.6 Å². The Bertz CT molecular complexity index is 1100. The van der Waals surface area contributed by atoms with Crippen molar-refractivity contribution in [2.75, 3.05) is 5.32 Å². The molecule has 2 N–H and O–H groups in total. The highest BCUT2D eigenvalue weighted by molar-refractivity contribution is 5.89. The molecule has 0 unspecified atom stereocenters. The van der Waals surface area contributed by atoms with Gasteiger partial charge in [0.15, 0.2) is 0 Å². The van der Waals surface area contributed by atoms with E-state index in [9.17, 15) is 9.90 Å². The lowest BCUT2D eigenvalue weighted by Crippen LogP contribution is -2.31. The molecule has 0 bridgehead atoms. The van der Waals surface area contributed by atoms with Gasteiger partial charge in [0.2, 0.25) is 0 Å². The van der Waals surface area contributed by atoms with Crippen LogP contribution in [-0.4, -0.2) is 11.1 Å². The van der Waals surface area contributed by atoms with Crippen molar-refractivity contribution in [3.8, 4) is 0 Å². The van der Waals surface area contributed by atoms with Crippen LogP contribution in [0.3, 0.4) is 0 Å². The summed E-state index contributed by atoms with van der Waals surface area (Å²) in [4.78, 5) is 11.6. The molecular weight excluding hydrogens is 346 g/mol. The minimum Gasteiger partial charge on any atom is -0.478 e. The van der Waals surface area contributed by atoms with Crippen LogP contribution in [0.5, 0.6) is 0 Å². The number of carboxylic acid groups (broad SMARTS) is 1. The lowest BCUT2D eigenvalue weighted by Gasteiger charge is -2.39. The second-order valence-corrected chi connectivity index (χ2v) is 8.13. The summed E-state index contributed by atoms with van der Waals surface area (Å²) < 4.78 is 0. The predicted molar refractivity (Wildman–Crippen MR) is 111 cm³/mol. The number of anilines is 1. The van der Waals surface area contributed by atoms with Crippen LogP contribution >= 0.6 is 0 Å². The van der Waals surface area contributed by atoms with Crippen LogP contribution in [0.2, 0.25) is 0 Å². The van der Waals surface area contributed by atoms with Crippen LogP contribution in [0.4, 0.5) is 5.69 Å². The fourth-order valence-corrected chi connectivity index (χ4v) is 5.10. The Kier molecular flexibility index (Phi) is 3.80. The third-order valence-corrected chi connectivity index (χ3v) is 6.42. The number of benzene rings is 3. The smallest absolute Gasteiger partial charge is 0.335 e. The van der Waals surface area contributed by atoms with E-state index < -0.39 is 5.97 Å². The number of hydrogen-bond donors (Lipinski definition) is 2. The molecule has 5 rings (SSSR count). The molecule has 140 valence electrons. The van der Waals surface area contributed by atoms with Crippen LogP contribution in [-0.2, 0) is 6.42 Å². The number of fused-ring (bicyclic) bond motifs is 5. The Morgan fingerprint density at radius 2 is 1.79 bits per heavy atom. The lowest BCUT2D eigenvalue weighted by molar-refractivity contribution is 0.0696. The molecule has 0 spiro atoms. The van der Waals surface area contributed by atoms with Gasteiger partial charge < -0.3 is 10.4 Å². The van der Waals surface area contributed by atoms with Gasteiger partial charge in [-0.2, -0.15) is 0 Å². The van der Waals surface area contributed by atoms with Gasteiger partial charge in [-0.15, -0.1) is 0 Å². The zero-order valence-corrected chi connectivity index (χ0v) is 16.1. The zero-order valence-electron chi connectivity index (χ0n) is 16.1. The van der Waals surface area contributed by atoms with Gasteiger partial charge in [0.25, 0.3) is 0 Å². The Labute approximate surface area is 165 Å². The molecule has 0 saturated heterocycles. The quantitative estimate of drug-likeness (QED) is 0.629. The van der Waals surface area contributed by atoms with E-state index in [1.807, 2.05) is 12.1 Å². The Hall–Kier alpha value is -3.07. The van der Waals surface area contributed by atoms with Gasteiger partial charge >= 0.3 is 5.97 Å². The molecule has 3 atom stereocenters. The normalized spacial score (nSPS) is 22.0. The van der Waals surface area contributed by atoms with Crippen molar-refractivity contribution in [2.45, 2.75) is 32.2 Å². The minimum atomic E-state index is -0.873. The lowest BCUT2D eigenvalue weighted by atomic mass is 9.74. The summed E-state index contributed by atoms with van der Waals surface area (Å²) in [5, 5.41) is 13.3. The Morgan fingerprint density at radius 1 is 0.964 bits per heavy atom. The number of carbonyl (C=O) groups is 1. The number of nitrogens with one attached hydrogen (secondary N) is 1. The molecule has 3 nitrogen and oxygen atoms in total. The fourth-order valence-electron chi connectivity index (χ4n) is 5.10. The van der Waals surface area contributed by atoms with Gasteiger partial charge in [-0.05, 0) is 72.2 Å². The molecule has 0 fully saturated rings. The van der Waals surface area contributed by atoms with E-state index in [1.165, 1.54) is 27.8 Å². The van der Waals surface area contributed by atoms with Crippen molar-refractivity contribution in [1.82, 2.24) is 0 Å². The van der Waals surface area contributed by atoms with Crippen molar-refractivity contribution in [2.24, 2.45) is 5.92 Å². The third-order valence-electron chi connectivity index (χ3n) is 6.42.